The number of hydrogen-bond acceptors (Lipinski definition) is 2. The SMILES string of the molecule is CC(O)c1cccc(CO[Si]C(C)(C)C(c2ccccc2)c2ccccc2)c1. The van der Waals surface area contributed by atoms with Crippen LogP contribution in [0.2, 0.25) is 5.04 Å². The molecule has 0 saturated heterocycles. The minimum Gasteiger partial charge on any atom is -0.413 e. The molecule has 0 fully saturated rings. The lowest BCUT2D eigenvalue weighted by atomic mass is 9.82. The first-order valence-electron chi connectivity index (χ1n) is 9.73. The Hall–Kier alpha value is -2.20. The van der Waals surface area contributed by atoms with Crippen molar-refractivity contribution in [1.29, 1.82) is 0 Å². The number of hydrogen-bond donors (Lipinski definition) is 1. The Morgan fingerprint density at radius 3 is 1.89 bits per heavy atom. The smallest absolute Gasteiger partial charge is 0.237 e. The van der Waals surface area contributed by atoms with Gasteiger partial charge in [-0.05, 0) is 34.2 Å². The number of benzene rings is 3. The standard InChI is InChI=1S/C25H28O2Si/c1-19(26)23-16-10-11-20(17-23)18-27-28-25(2,3)24(21-12-6-4-7-13-21)22-14-8-5-9-15-22/h4-17,19,24,26H,18H2,1-3H3. The molecule has 0 saturated carbocycles. The van der Waals surface area contributed by atoms with E-state index in [1.54, 1.807) is 6.92 Å². The van der Waals surface area contributed by atoms with E-state index in [-0.39, 0.29) is 11.0 Å². The third-order valence-electron chi connectivity index (χ3n) is 4.99. The molecule has 0 heterocycles. The quantitative estimate of drug-likeness (QED) is 0.486. The van der Waals surface area contributed by atoms with Crippen LogP contribution in [-0.4, -0.2) is 14.9 Å². The third kappa shape index (κ3) is 5.19. The highest BCUT2D eigenvalue weighted by Crippen LogP contribution is 2.45. The molecular weight excluding hydrogens is 360 g/mol. The number of aliphatic hydroxyl groups is 1. The Bertz CT molecular complexity index is 820. The van der Waals surface area contributed by atoms with Crippen molar-refractivity contribution in [3.8, 4) is 0 Å². The normalized spacial score (nSPS) is 12.9. The second-order valence-corrected chi connectivity index (χ2v) is 9.57. The summed E-state index contributed by atoms with van der Waals surface area (Å²) in [7, 11) is 0.345. The van der Waals surface area contributed by atoms with Crippen molar-refractivity contribution in [3.63, 3.8) is 0 Å². The Balaban J connectivity index is 1.76. The summed E-state index contributed by atoms with van der Waals surface area (Å²) in [6.45, 7) is 6.90. The van der Waals surface area contributed by atoms with Gasteiger partial charge < -0.3 is 9.53 Å². The number of rotatable bonds is 8. The minimum atomic E-state index is -0.459. The van der Waals surface area contributed by atoms with Gasteiger partial charge in [0.2, 0.25) is 9.76 Å². The van der Waals surface area contributed by atoms with Gasteiger partial charge in [0, 0.05) is 5.92 Å². The molecule has 2 nitrogen and oxygen atoms in total. The molecule has 1 N–H and O–H groups in total. The highest BCUT2D eigenvalue weighted by atomic mass is 28.2. The lowest BCUT2D eigenvalue weighted by Gasteiger charge is -2.34. The van der Waals surface area contributed by atoms with Crippen molar-refractivity contribution in [1.82, 2.24) is 0 Å². The van der Waals surface area contributed by atoms with Gasteiger partial charge in [0.05, 0.1) is 12.7 Å². The first-order chi connectivity index (χ1) is 13.5. The molecule has 0 aliphatic rings. The van der Waals surface area contributed by atoms with Gasteiger partial charge in [0.25, 0.3) is 0 Å². The van der Waals surface area contributed by atoms with Crippen LogP contribution < -0.4 is 0 Å². The zero-order valence-corrected chi connectivity index (χ0v) is 17.8. The predicted molar refractivity (Wildman–Crippen MR) is 116 cm³/mol. The van der Waals surface area contributed by atoms with Crippen LogP contribution >= 0.6 is 0 Å². The molecule has 3 rings (SSSR count). The van der Waals surface area contributed by atoms with Gasteiger partial charge >= 0.3 is 0 Å². The third-order valence-corrected chi connectivity index (χ3v) is 6.10. The van der Waals surface area contributed by atoms with Crippen molar-refractivity contribution >= 4 is 9.76 Å². The molecule has 0 amide bonds. The summed E-state index contributed by atoms with van der Waals surface area (Å²) in [5.74, 6) is 0.261. The second-order valence-electron chi connectivity index (χ2n) is 7.79. The highest BCUT2D eigenvalue weighted by molar-refractivity contribution is 6.32. The Morgan fingerprint density at radius 2 is 1.36 bits per heavy atom. The molecule has 0 bridgehead atoms. The van der Waals surface area contributed by atoms with E-state index in [0.717, 1.165) is 11.1 Å². The zero-order chi connectivity index (χ0) is 20.0. The first kappa shape index (κ1) is 20.5. The fourth-order valence-electron chi connectivity index (χ4n) is 3.62. The summed E-state index contributed by atoms with van der Waals surface area (Å²) in [5, 5.41) is 9.74. The Kier molecular flexibility index (Phi) is 6.84. The van der Waals surface area contributed by atoms with Crippen molar-refractivity contribution < 1.29 is 9.53 Å². The van der Waals surface area contributed by atoms with E-state index in [0.29, 0.717) is 16.4 Å². The van der Waals surface area contributed by atoms with Crippen LogP contribution in [-0.2, 0) is 11.0 Å². The largest absolute Gasteiger partial charge is 0.413 e. The Morgan fingerprint density at radius 1 is 0.821 bits per heavy atom. The summed E-state index contributed by atoms with van der Waals surface area (Å²) in [5.41, 5.74) is 4.64. The summed E-state index contributed by atoms with van der Waals surface area (Å²) in [6, 6.07) is 29.4. The average Bonchev–Trinajstić information content (AvgIpc) is 2.69. The van der Waals surface area contributed by atoms with E-state index in [1.165, 1.54) is 11.1 Å². The average molecular weight is 389 g/mol. The maximum absolute atomic E-state index is 9.79. The molecule has 3 heteroatoms. The molecule has 1 unspecified atom stereocenters. The van der Waals surface area contributed by atoms with E-state index >= 15 is 0 Å². The van der Waals surface area contributed by atoms with E-state index in [1.807, 2.05) is 18.2 Å². The summed E-state index contributed by atoms with van der Waals surface area (Å²) in [6.07, 6.45) is -0.459. The maximum atomic E-state index is 9.79. The summed E-state index contributed by atoms with van der Waals surface area (Å²) in [4.78, 5) is 0. The maximum Gasteiger partial charge on any atom is 0.237 e. The van der Waals surface area contributed by atoms with Crippen LogP contribution in [0.15, 0.2) is 84.9 Å². The number of aliphatic hydroxyl groups excluding tert-OH is 1. The van der Waals surface area contributed by atoms with E-state index in [4.69, 9.17) is 4.43 Å². The van der Waals surface area contributed by atoms with E-state index in [2.05, 4.69) is 80.6 Å². The zero-order valence-electron chi connectivity index (χ0n) is 16.8. The lowest BCUT2D eigenvalue weighted by Crippen LogP contribution is -2.25. The van der Waals surface area contributed by atoms with Crippen LogP contribution in [0.1, 0.15) is 55.0 Å². The fourth-order valence-corrected chi connectivity index (χ4v) is 4.69. The molecule has 144 valence electrons. The first-order valence-corrected chi connectivity index (χ1v) is 10.6. The predicted octanol–water partition coefficient (Wildman–Crippen LogP) is 5.91. The van der Waals surface area contributed by atoms with Gasteiger partial charge in [-0.25, -0.2) is 0 Å². The van der Waals surface area contributed by atoms with Crippen LogP contribution in [0.3, 0.4) is 0 Å². The van der Waals surface area contributed by atoms with Gasteiger partial charge in [-0.1, -0.05) is 98.8 Å². The molecule has 3 aromatic carbocycles. The molecule has 0 aliphatic heterocycles. The lowest BCUT2D eigenvalue weighted by molar-refractivity contribution is 0.199. The minimum absolute atomic E-state index is 0.0510. The van der Waals surface area contributed by atoms with Gasteiger partial charge in [-0.3, -0.25) is 0 Å². The van der Waals surface area contributed by atoms with Gasteiger partial charge in [-0.2, -0.15) is 0 Å². The van der Waals surface area contributed by atoms with Crippen LogP contribution in [0.5, 0.6) is 0 Å². The topological polar surface area (TPSA) is 29.5 Å². The molecule has 3 aromatic rings. The molecule has 0 spiro atoms. The molecule has 0 aliphatic carbocycles. The van der Waals surface area contributed by atoms with Gasteiger partial charge in [0.15, 0.2) is 0 Å². The van der Waals surface area contributed by atoms with Crippen LogP contribution in [0.4, 0.5) is 0 Å². The summed E-state index contributed by atoms with van der Waals surface area (Å²) >= 11 is 0. The molecule has 0 aromatic heterocycles. The van der Waals surface area contributed by atoms with Crippen LogP contribution in [0, 0.1) is 0 Å². The van der Waals surface area contributed by atoms with Gasteiger partial charge in [0.1, 0.15) is 0 Å². The van der Waals surface area contributed by atoms with Crippen LogP contribution in [0.25, 0.3) is 0 Å². The molecule has 28 heavy (non-hydrogen) atoms. The van der Waals surface area contributed by atoms with Crippen molar-refractivity contribution in [2.75, 3.05) is 0 Å². The van der Waals surface area contributed by atoms with E-state index in [9.17, 15) is 5.11 Å². The molecular formula is C25H28O2Si. The van der Waals surface area contributed by atoms with Crippen molar-refractivity contribution in [2.45, 2.75) is 44.4 Å². The fraction of sp³-hybridized carbons (Fsp3) is 0.280. The van der Waals surface area contributed by atoms with E-state index < -0.39 is 6.10 Å². The second kappa shape index (κ2) is 9.33. The Labute approximate surface area is 171 Å². The monoisotopic (exact) mass is 388 g/mol. The molecule has 2 radical (unpaired) electrons. The van der Waals surface area contributed by atoms with Gasteiger partial charge in [-0.15, -0.1) is 0 Å². The highest BCUT2D eigenvalue weighted by Gasteiger charge is 2.34. The summed E-state index contributed by atoms with van der Waals surface area (Å²) < 4.78 is 6.19. The van der Waals surface area contributed by atoms with Crippen molar-refractivity contribution in [3.05, 3.63) is 107 Å². The molecule has 1 atom stereocenters. The van der Waals surface area contributed by atoms with Crippen molar-refractivity contribution in [2.24, 2.45) is 0 Å².